The fourth-order valence-corrected chi connectivity index (χ4v) is 4.09. The standard InChI is InChI=1S/C15H15ClFN3O/c1-2-20(15-6-14(17,7-15)8-15)13(21)10-5-9-3-4-18-12(16)11(9)19-10/h3-5,19H,2,6-8H2,1H3. The molecule has 0 aliphatic heterocycles. The van der Waals surface area contributed by atoms with E-state index in [4.69, 9.17) is 11.6 Å². The topological polar surface area (TPSA) is 49.0 Å². The number of nitrogens with one attached hydrogen (secondary N) is 1. The zero-order valence-electron chi connectivity index (χ0n) is 11.6. The molecule has 2 heterocycles. The molecule has 0 unspecified atom stereocenters. The normalized spacial score (nSPS) is 29.9. The fraction of sp³-hybridized carbons (Fsp3) is 0.467. The van der Waals surface area contributed by atoms with Crippen LogP contribution < -0.4 is 0 Å². The van der Waals surface area contributed by atoms with Crippen LogP contribution in [0.15, 0.2) is 18.3 Å². The van der Waals surface area contributed by atoms with Gasteiger partial charge in [0.1, 0.15) is 11.4 Å². The Morgan fingerprint density at radius 3 is 2.81 bits per heavy atom. The van der Waals surface area contributed by atoms with Crippen LogP contribution in [0, 0.1) is 0 Å². The van der Waals surface area contributed by atoms with E-state index >= 15 is 0 Å². The van der Waals surface area contributed by atoms with Crippen molar-refractivity contribution in [3.05, 3.63) is 29.2 Å². The van der Waals surface area contributed by atoms with Crippen LogP contribution in [0.2, 0.25) is 5.15 Å². The largest absolute Gasteiger partial charge is 0.348 e. The molecule has 1 N–H and O–H groups in total. The van der Waals surface area contributed by atoms with Crippen molar-refractivity contribution in [2.45, 2.75) is 37.4 Å². The molecule has 0 aromatic carbocycles. The first-order chi connectivity index (χ1) is 9.96. The van der Waals surface area contributed by atoms with Crippen molar-refractivity contribution in [3.63, 3.8) is 0 Å². The number of carbonyl (C=O) groups excluding carboxylic acids is 1. The highest BCUT2D eigenvalue weighted by atomic mass is 35.5. The van der Waals surface area contributed by atoms with Gasteiger partial charge in [0.25, 0.3) is 5.91 Å². The molecule has 3 saturated carbocycles. The second-order valence-electron chi connectivity index (χ2n) is 6.20. The number of pyridine rings is 1. The molecule has 0 radical (unpaired) electrons. The van der Waals surface area contributed by atoms with Crippen LogP contribution in [-0.4, -0.2) is 38.5 Å². The molecule has 2 aromatic rings. The fourth-order valence-electron chi connectivity index (χ4n) is 3.88. The van der Waals surface area contributed by atoms with E-state index in [1.54, 1.807) is 17.2 Å². The second kappa shape index (κ2) is 3.97. The van der Waals surface area contributed by atoms with Gasteiger partial charge < -0.3 is 9.88 Å². The predicted molar refractivity (Wildman–Crippen MR) is 78.2 cm³/mol. The summed E-state index contributed by atoms with van der Waals surface area (Å²) in [6.45, 7) is 2.51. The van der Waals surface area contributed by atoms with E-state index in [2.05, 4.69) is 9.97 Å². The van der Waals surface area contributed by atoms with E-state index in [9.17, 15) is 9.18 Å². The van der Waals surface area contributed by atoms with Crippen molar-refractivity contribution in [1.82, 2.24) is 14.9 Å². The molecule has 2 aromatic heterocycles. The SMILES string of the molecule is CCN(C(=O)c1cc2ccnc(Cl)c2[nH]1)C12CC(F)(C1)C2. The lowest BCUT2D eigenvalue weighted by Gasteiger charge is -2.69. The molecule has 6 heteroatoms. The van der Waals surface area contributed by atoms with Gasteiger partial charge in [-0.05, 0) is 19.1 Å². The van der Waals surface area contributed by atoms with Gasteiger partial charge in [0, 0.05) is 37.4 Å². The lowest BCUT2D eigenvalue weighted by molar-refractivity contribution is -0.211. The molecule has 21 heavy (non-hydrogen) atoms. The minimum absolute atomic E-state index is 0.0912. The van der Waals surface area contributed by atoms with Crippen LogP contribution in [0.25, 0.3) is 10.9 Å². The quantitative estimate of drug-likeness (QED) is 0.884. The molecule has 1 amide bonds. The molecule has 5 rings (SSSR count). The number of aromatic nitrogens is 2. The third kappa shape index (κ3) is 1.67. The van der Waals surface area contributed by atoms with Crippen LogP contribution >= 0.6 is 11.6 Å². The van der Waals surface area contributed by atoms with Gasteiger partial charge >= 0.3 is 0 Å². The van der Waals surface area contributed by atoms with E-state index in [-0.39, 0.29) is 11.4 Å². The third-order valence-corrected chi connectivity index (χ3v) is 5.09. The Morgan fingerprint density at radius 1 is 1.52 bits per heavy atom. The maximum atomic E-state index is 13.7. The van der Waals surface area contributed by atoms with Crippen LogP contribution in [0.4, 0.5) is 4.39 Å². The lowest BCUT2D eigenvalue weighted by atomic mass is 9.46. The van der Waals surface area contributed by atoms with E-state index in [0.29, 0.717) is 42.2 Å². The van der Waals surface area contributed by atoms with Gasteiger partial charge in [0.2, 0.25) is 0 Å². The van der Waals surface area contributed by atoms with Crippen molar-refractivity contribution >= 4 is 28.4 Å². The van der Waals surface area contributed by atoms with Gasteiger partial charge in [-0.25, -0.2) is 9.37 Å². The number of hydrogen-bond acceptors (Lipinski definition) is 2. The van der Waals surface area contributed by atoms with Gasteiger partial charge in [0.05, 0.1) is 11.1 Å². The van der Waals surface area contributed by atoms with Crippen molar-refractivity contribution in [2.75, 3.05) is 6.54 Å². The van der Waals surface area contributed by atoms with Gasteiger partial charge in [-0.3, -0.25) is 4.79 Å². The number of H-pyrrole nitrogens is 1. The van der Waals surface area contributed by atoms with Crippen LogP contribution in [0.5, 0.6) is 0 Å². The number of alkyl halides is 1. The molecule has 3 aliphatic carbocycles. The smallest absolute Gasteiger partial charge is 0.270 e. The highest BCUT2D eigenvalue weighted by Gasteiger charge is 2.72. The summed E-state index contributed by atoms with van der Waals surface area (Å²) in [4.78, 5) is 21.6. The highest BCUT2D eigenvalue weighted by molar-refractivity contribution is 6.33. The Hall–Kier alpha value is -1.62. The summed E-state index contributed by atoms with van der Waals surface area (Å²) in [6.07, 6.45) is 3.03. The molecular weight excluding hydrogens is 293 g/mol. The molecule has 3 aliphatic rings. The average molecular weight is 308 g/mol. The zero-order valence-corrected chi connectivity index (χ0v) is 12.4. The Kier molecular flexibility index (Phi) is 2.47. The number of aromatic amines is 1. The van der Waals surface area contributed by atoms with E-state index in [0.717, 1.165) is 5.39 Å². The monoisotopic (exact) mass is 307 g/mol. The van der Waals surface area contributed by atoms with Crippen molar-refractivity contribution in [1.29, 1.82) is 0 Å². The van der Waals surface area contributed by atoms with Crippen LogP contribution in [0.1, 0.15) is 36.7 Å². The molecule has 2 bridgehead atoms. The number of rotatable bonds is 3. The number of amides is 1. The van der Waals surface area contributed by atoms with Crippen molar-refractivity contribution in [3.8, 4) is 0 Å². The van der Waals surface area contributed by atoms with Gasteiger partial charge in [-0.1, -0.05) is 11.6 Å². The molecule has 0 spiro atoms. The van der Waals surface area contributed by atoms with E-state index in [1.165, 1.54) is 0 Å². The first kappa shape index (κ1) is 13.1. The molecule has 110 valence electrons. The Morgan fingerprint density at radius 2 is 2.24 bits per heavy atom. The Labute approximate surface area is 126 Å². The number of nitrogens with zero attached hydrogens (tertiary/aromatic N) is 2. The van der Waals surface area contributed by atoms with Gasteiger partial charge in [-0.15, -0.1) is 0 Å². The first-order valence-corrected chi connectivity index (χ1v) is 7.48. The molecule has 0 saturated heterocycles. The van der Waals surface area contributed by atoms with Gasteiger partial charge in [0.15, 0.2) is 5.15 Å². The summed E-state index contributed by atoms with van der Waals surface area (Å²) in [6, 6.07) is 3.59. The van der Waals surface area contributed by atoms with Gasteiger partial charge in [-0.2, -0.15) is 0 Å². The highest BCUT2D eigenvalue weighted by Crippen LogP contribution is 2.66. The zero-order chi connectivity index (χ0) is 14.8. The first-order valence-electron chi connectivity index (χ1n) is 7.11. The lowest BCUT2D eigenvalue weighted by Crippen LogP contribution is -2.77. The van der Waals surface area contributed by atoms with Crippen molar-refractivity contribution in [2.24, 2.45) is 0 Å². The van der Waals surface area contributed by atoms with E-state index in [1.807, 2.05) is 13.0 Å². The summed E-state index contributed by atoms with van der Waals surface area (Å²) in [7, 11) is 0. The van der Waals surface area contributed by atoms with E-state index < -0.39 is 5.67 Å². The second-order valence-corrected chi connectivity index (χ2v) is 6.56. The number of fused-ring (bicyclic) bond motifs is 1. The molecule has 4 nitrogen and oxygen atoms in total. The molecule has 3 fully saturated rings. The number of halogens is 2. The summed E-state index contributed by atoms with van der Waals surface area (Å²) in [5.41, 5.74) is -0.126. The molecule has 0 atom stereocenters. The van der Waals surface area contributed by atoms with Crippen molar-refractivity contribution < 1.29 is 9.18 Å². The van der Waals surface area contributed by atoms with Crippen LogP contribution in [0.3, 0.4) is 0 Å². The molecular formula is C15H15ClFN3O. The summed E-state index contributed by atoms with van der Waals surface area (Å²) < 4.78 is 13.7. The Bertz CT molecular complexity index is 737. The maximum Gasteiger partial charge on any atom is 0.270 e. The summed E-state index contributed by atoms with van der Waals surface area (Å²) >= 11 is 6.03. The number of hydrogen-bond donors (Lipinski definition) is 1. The minimum Gasteiger partial charge on any atom is -0.348 e. The minimum atomic E-state index is -1.01. The Balaban J connectivity index is 1.67. The summed E-state index contributed by atoms with van der Waals surface area (Å²) in [5, 5.41) is 1.21. The average Bonchev–Trinajstić information content (AvgIpc) is 2.81. The summed E-state index contributed by atoms with van der Waals surface area (Å²) in [5.74, 6) is -0.0912. The predicted octanol–water partition coefficient (Wildman–Crippen LogP) is 3.32. The maximum absolute atomic E-state index is 13.7. The third-order valence-electron chi connectivity index (χ3n) is 4.80. The number of carbonyl (C=O) groups is 1. The van der Waals surface area contributed by atoms with Crippen LogP contribution in [-0.2, 0) is 0 Å².